The van der Waals surface area contributed by atoms with Crippen molar-refractivity contribution in [1.82, 2.24) is 20.5 Å². The zero-order valence-electron chi connectivity index (χ0n) is 16.8. The number of nitrogens with zero attached hydrogens (tertiary/aromatic N) is 2. The summed E-state index contributed by atoms with van der Waals surface area (Å²) in [5.74, 6) is -0.0577. The predicted molar refractivity (Wildman–Crippen MR) is 122 cm³/mol. The first-order valence-corrected chi connectivity index (χ1v) is 10.6. The molecule has 2 aromatic carbocycles. The number of carbonyl (C=O) groups is 1. The van der Waals surface area contributed by atoms with Crippen LogP contribution in [0.3, 0.4) is 0 Å². The number of aromatic nitrogens is 3. The lowest BCUT2D eigenvalue weighted by molar-refractivity contribution is 0.0940. The van der Waals surface area contributed by atoms with Gasteiger partial charge in [-0.1, -0.05) is 30.0 Å². The molecule has 0 saturated carbocycles. The summed E-state index contributed by atoms with van der Waals surface area (Å²) in [7, 11) is 0. The fraction of sp³-hybridized carbons (Fsp3) is 0.125. The van der Waals surface area contributed by atoms with Crippen LogP contribution in [0, 0.1) is 0 Å². The zero-order valence-corrected chi connectivity index (χ0v) is 17.6. The van der Waals surface area contributed by atoms with Crippen molar-refractivity contribution in [3.63, 3.8) is 0 Å². The molecule has 1 amide bonds. The van der Waals surface area contributed by atoms with Gasteiger partial charge in [-0.3, -0.25) is 14.9 Å². The number of aromatic amines is 1. The topological polar surface area (TPSA) is 70.7 Å². The summed E-state index contributed by atoms with van der Waals surface area (Å²) >= 11 is 1.57. The molecule has 0 radical (unpaired) electrons. The summed E-state index contributed by atoms with van der Waals surface area (Å²) in [5, 5.41) is 11.5. The normalized spacial score (nSPS) is 11.4. The van der Waals surface area contributed by atoms with Gasteiger partial charge in [-0.2, -0.15) is 5.10 Å². The highest BCUT2D eigenvalue weighted by Gasteiger charge is 2.13. The van der Waals surface area contributed by atoms with Crippen molar-refractivity contribution in [1.29, 1.82) is 0 Å². The summed E-state index contributed by atoms with van der Waals surface area (Å²) in [6.45, 7) is 3.92. The number of fused-ring (bicyclic) bond motifs is 1. The standard InChI is InChI=1S/C24H22N4OS/c1-16(2)26-24(29)20-8-3-4-9-23(20)30-18-11-12-19-21(27-28-22(19)15-18)13-10-17-7-5-6-14-25-17/h3-16H,1-2H3,(H,26,29)(H,27,28)/b13-10+. The van der Waals surface area contributed by atoms with Gasteiger partial charge in [0.1, 0.15) is 0 Å². The van der Waals surface area contributed by atoms with E-state index >= 15 is 0 Å². The Balaban J connectivity index is 1.57. The van der Waals surface area contributed by atoms with Gasteiger partial charge in [0.2, 0.25) is 0 Å². The van der Waals surface area contributed by atoms with Gasteiger partial charge in [-0.05, 0) is 68.5 Å². The van der Waals surface area contributed by atoms with Gasteiger partial charge < -0.3 is 5.32 Å². The molecule has 4 aromatic rings. The molecule has 0 atom stereocenters. The van der Waals surface area contributed by atoms with Crippen LogP contribution in [-0.4, -0.2) is 27.1 Å². The minimum atomic E-state index is -0.0577. The highest BCUT2D eigenvalue weighted by Crippen LogP contribution is 2.33. The fourth-order valence-corrected chi connectivity index (χ4v) is 4.04. The van der Waals surface area contributed by atoms with Crippen LogP contribution in [0.4, 0.5) is 0 Å². The van der Waals surface area contributed by atoms with Gasteiger partial charge in [-0.25, -0.2) is 0 Å². The lowest BCUT2D eigenvalue weighted by atomic mass is 10.2. The van der Waals surface area contributed by atoms with Crippen LogP contribution in [0.5, 0.6) is 0 Å². The molecular weight excluding hydrogens is 392 g/mol. The third-order valence-electron chi connectivity index (χ3n) is 4.44. The van der Waals surface area contributed by atoms with E-state index in [2.05, 4.69) is 38.7 Å². The average molecular weight is 415 g/mol. The summed E-state index contributed by atoms with van der Waals surface area (Å²) in [6.07, 6.45) is 5.67. The van der Waals surface area contributed by atoms with Crippen LogP contribution >= 0.6 is 11.8 Å². The summed E-state index contributed by atoms with van der Waals surface area (Å²) in [6, 6.07) is 19.7. The maximum atomic E-state index is 12.5. The number of carbonyl (C=O) groups excluding carboxylic acids is 1. The highest BCUT2D eigenvalue weighted by atomic mass is 32.2. The summed E-state index contributed by atoms with van der Waals surface area (Å²) in [5.41, 5.74) is 3.38. The van der Waals surface area contributed by atoms with Crippen molar-refractivity contribution in [2.45, 2.75) is 29.7 Å². The van der Waals surface area contributed by atoms with Crippen molar-refractivity contribution in [2.75, 3.05) is 0 Å². The number of nitrogens with one attached hydrogen (secondary N) is 2. The quantitative estimate of drug-likeness (QED) is 0.442. The molecule has 0 aliphatic heterocycles. The van der Waals surface area contributed by atoms with Crippen LogP contribution in [0.1, 0.15) is 35.6 Å². The molecule has 0 unspecified atom stereocenters. The lowest BCUT2D eigenvalue weighted by Crippen LogP contribution is -2.30. The highest BCUT2D eigenvalue weighted by molar-refractivity contribution is 7.99. The lowest BCUT2D eigenvalue weighted by Gasteiger charge is -2.12. The number of H-pyrrole nitrogens is 1. The van der Waals surface area contributed by atoms with E-state index in [1.54, 1.807) is 18.0 Å². The minimum Gasteiger partial charge on any atom is -0.350 e. The molecule has 0 fully saturated rings. The molecule has 0 saturated heterocycles. The Morgan fingerprint density at radius 2 is 1.90 bits per heavy atom. The van der Waals surface area contributed by atoms with Crippen molar-refractivity contribution in [2.24, 2.45) is 0 Å². The van der Waals surface area contributed by atoms with Crippen LogP contribution in [0.2, 0.25) is 0 Å². The van der Waals surface area contributed by atoms with Crippen LogP contribution in [0.25, 0.3) is 23.1 Å². The number of pyridine rings is 1. The first-order chi connectivity index (χ1) is 14.6. The fourth-order valence-electron chi connectivity index (χ4n) is 3.06. The third-order valence-corrected chi connectivity index (χ3v) is 5.51. The zero-order chi connectivity index (χ0) is 20.9. The second-order valence-electron chi connectivity index (χ2n) is 7.13. The number of hydrogen-bond acceptors (Lipinski definition) is 4. The number of benzene rings is 2. The Morgan fingerprint density at radius 3 is 2.70 bits per heavy atom. The molecule has 30 heavy (non-hydrogen) atoms. The van der Waals surface area contributed by atoms with E-state index in [0.29, 0.717) is 5.56 Å². The molecule has 2 N–H and O–H groups in total. The van der Waals surface area contributed by atoms with E-state index in [1.165, 1.54) is 0 Å². The SMILES string of the molecule is CC(C)NC(=O)c1ccccc1Sc1ccc2c(/C=C/c3ccccn3)n[nH]c2c1. The molecule has 0 aliphatic carbocycles. The van der Waals surface area contributed by atoms with Gasteiger partial charge in [0.15, 0.2) is 0 Å². The molecule has 0 spiro atoms. The van der Waals surface area contributed by atoms with Gasteiger partial charge in [0, 0.05) is 27.4 Å². The largest absolute Gasteiger partial charge is 0.350 e. The number of rotatable bonds is 6. The first kappa shape index (κ1) is 19.9. The Hall–Kier alpha value is -3.38. The van der Waals surface area contributed by atoms with Gasteiger partial charge in [0.05, 0.1) is 22.5 Å². The Labute approximate surface area is 179 Å². The van der Waals surface area contributed by atoms with E-state index in [0.717, 1.165) is 32.1 Å². The second-order valence-corrected chi connectivity index (χ2v) is 8.25. The first-order valence-electron chi connectivity index (χ1n) is 9.75. The Bertz CT molecular complexity index is 1200. The van der Waals surface area contributed by atoms with E-state index in [9.17, 15) is 4.79 Å². The smallest absolute Gasteiger partial charge is 0.252 e. The maximum absolute atomic E-state index is 12.5. The Kier molecular flexibility index (Phi) is 5.95. The molecule has 150 valence electrons. The molecule has 2 aromatic heterocycles. The molecule has 6 heteroatoms. The van der Waals surface area contributed by atoms with Crippen molar-refractivity contribution in [3.8, 4) is 0 Å². The van der Waals surface area contributed by atoms with Crippen LogP contribution in [0.15, 0.2) is 76.7 Å². The molecule has 0 bridgehead atoms. The van der Waals surface area contributed by atoms with Gasteiger partial charge in [0.25, 0.3) is 5.91 Å². The average Bonchev–Trinajstić information content (AvgIpc) is 3.15. The minimum absolute atomic E-state index is 0.0577. The Morgan fingerprint density at radius 1 is 1.07 bits per heavy atom. The second kappa shape index (κ2) is 8.97. The van der Waals surface area contributed by atoms with E-state index in [4.69, 9.17) is 0 Å². The van der Waals surface area contributed by atoms with Crippen LogP contribution in [-0.2, 0) is 0 Å². The molecule has 4 rings (SSSR count). The predicted octanol–water partition coefficient (Wildman–Crippen LogP) is 5.42. The molecule has 5 nitrogen and oxygen atoms in total. The third kappa shape index (κ3) is 4.60. The molecule has 2 heterocycles. The van der Waals surface area contributed by atoms with Gasteiger partial charge in [-0.15, -0.1) is 0 Å². The van der Waals surface area contributed by atoms with Gasteiger partial charge >= 0.3 is 0 Å². The molecule has 0 aliphatic rings. The number of hydrogen-bond donors (Lipinski definition) is 2. The number of amides is 1. The monoisotopic (exact) mass is 414 g/mol. The summed E-state index contributed by atoms with van der Waals surface area (Å²) < 4.78 is 0. The molecular formula is C24H22N4OS. The van der Waals surface area contributed by atoms with Crippen molar-refractivity contribution < 1.29 is 4.79 Å². The van der Waals surface area contributed by atoms with Crippen LogP contribution < -0.4 is 5.32 Å². The van der Waals surface area contributed by atoms with Crippen molar-refractivity contribution >= 4 is 40.7 Å². The van der Waals surface area contributed by atoms with Crippen molar-refractivity contribution in [3.05, 3.63) is 83.8 Å². The van der Waals surface area contributed by atoms with E-state index in [1.807, 2.05) is 68.5 Å². The van der Waals surface area contributed by atoms with E-state index in [-0.39, 0.29) is 11.9 Å². The van der Waals surface area contributed by atoms with E-state index < -0.39 is 0 Å². The maximum Gasteiger partial charge on any atom is 0.252 e. The summed E-state index contributed by atoms with van der Waals surface area (Å²) in [4.78, 5) is 18.8.